The predicted molar refractivity (Wildman–Crippen MR) is 65.3 cm³/mol. The van der Waals surface area contributed by atoms with Gasteiger partial charge in [0, 0.05) is 25.1 Å². The topological polar surface area (TPSA) is 38.3 Å². The summed E-state index contributed by atoms with van der Waals surface area (Å²) in [6.45, 7) is 2.02. The SMILES string of the molecule is COc1ccc(C=CCCNC(C)=O)c(F)c1. The first kappa shape index (κ1) is 13.2. The van der Waals surface area contributed by atoms with Crippen LogP contribution in [0.4, 0.5) is 4.39 Å². The van der Waals surface area contributed by atoms with Gasteiger partial charge >= 0.3 is 0 Å². The molecule has 0 aliphatic carbocycles. The van der Waals surface area contributed by atoms with Gasteiger partial charge in [-0.3, -0.25) is 4.79 Å². The molecule has 0 aliphatic heterocycles. The molecule has 0 aliphatic rings. The fourth-order valence-corrected chi connectivity index (χ4v) is 1.31. The molecule has 0 radical (unpaired) electrons. The molecule has 0 fully saturated rings. The number of benzene rings is 1. The van der Waals surface area contributed by atoms with Crippen molar-refractivity contribution in [3.8, 4) is 5.75 Å². The molecule has 0 bridgehead atoms. The number of rotatable bonds is 5. The summed E-state index contributed by atoms with van der Waals surface area (Å²) in [5.74, 6) is 0.118. The number of halogens is 1. The van der Waals surface area contributed by atoms with Gasteiger partial charge in [-0.2, -0.15) is 0 Å². The summed E-state index contributed by atoms with van der Waals surface area (Å²) in [5.41, 5.74) is 0.508. The highest BCUT2D eigenvalue weighted by Gasteiger charge is 2.00. The van der Waals surface area contributed by atoms with E-state index in [4.69, 9.17) is 4.74 Å². The lowest BCUT2D eigenvalue weighted by Gasteiger charge is -2.01. The van der Waals surface area contributed by atoms with Crippen LogP contribution in [0.25, 0.3) is 6.08 Å². The maximum atomic E-state index is 13.5. The minimum Gasteiger partial charge on any atom is -0.497 e. The molecule has 1 aromatic rings. The van der Waals surface area contributed by atoms with Gasteiger partial charge in [0.15, 0.2) is 0 Å². The first-order valence-corrected chi connectivity index (χ1v) is 5.38. The van der Waals surface area contributed by atoms with Gasteiger partial charge < -0.3 is 10.1 Å². The summed E-state index contributed by atoms with van der Waals surface area (Å²) in [6, 6.07) is 4.70. The van der Waals surface area contributed by atoms with E-state index in [1.54, 1.807) is 18.2 Å². The molecule has 92 valence electrons. The molecule has 3 nitrogen and oxygen atoms in total. The highest BCUT2D eigenvalue weighted by molar-refractivity contribution is 5.72. The van der Waals surface area contributed by atoms with Crippen molar-refractivity contribution in [3.63, 3.8) is 0 Å². The number of ether oxygens (including phenoxy) is 1. The molecule has 0 heterocycles. The van der Waals surface area contributed by atoms with Gasteiger partial charge in [-0.05, 0) is 18.6 Å². The Morgan fingerprint density at radius 3 is 2.88 bits per heavy atom. The van der Waals surface area contributed by atoms with E-state index in [0.717, 1.165) is 0 Å². The lowest BCUT2D eigenvalue weighted by atomic mass is 10.2. The fraction of sp³-hybridized carbons (Fsp3) is 0.308. The van der Waals surface area contributed by atoms with Crippen LogP contribution in [0.15, 0.2) is 24.3 Å². The molecule has 0 unspecified atom stereocenters. The van der Waals surface area contributed by atoms with Crippen molar-refractivity contribution in [1.29, 1.82) is 0 Å². The molecule has 0 saturated heterocycles. The minimum atomic E-state index is -0.319. The molecule has 0 aromatic heterocycles. The monoisotopic (exact) mass is 237 g/mol. The van der Waals surface area contributed by atoms with Crippen molar-refractivity contribution in [1.82, 2.24) is 5.32 Å². The maximum Gasteiger partial charge on any atom is 0.216 e. The Kier molecular flexibility index (Phi) is 5.20. The summed E-state index contributed by atoms with van der Waals surface area (Å²) in [7, 11) is 1.50. The van der Waals surface area contributed by atoms with Crippen LogP contribution in [-0.4, -0.2) is 19.6 Å². The van der Waals surface area contributed by atoms with Crippen LogP contribution in [0.3, 0.4) is 0 Å². The Balaban J connectivity index is 2.50. The van der Waals surface area contributed by atoms with Crippen LogP contribution in [0.1, 0.15) is 18.9 Å². The van der Waals surface area contributed by atoms with E-state index in [9.17, 15) is 9.18 Å². The third-order valence-corrected chi connectivity index (χ3v) is 2.19. The summed E-state index contributed by atoms with van der Waals surface area (Å²) in [6.07, 6.45) is 4.18. The lowest BCUT2D eigenvalue weighted by molar-refractivity contribution is -0.118. The van der Waals surface area contributed by atoms with Gasteiger partial charge in [-0.15, -0.1) is 0 Å². The van der Waals surface area contributed by atoms with Crippen molar-refractivity contribution < 1.29 is 13.9 Å². The van der Waals surface area contributed by atoms with E-state index in [2.05, 4.69) is 5.32 Å². The van der Waals surface area contributed by atoms with Gasteiger partial charge in [0.2, 0.25) is 5.91 Å². The Labute approximate surface area is 100 Å². The number of carbonyl (C=O) groups excluding carboxylic acids is 1. The molecular formula is C13H16FNO2. The second-order valence-corrected chi connectivity index (χ2v) is 3.56. The molecule has 1 rings (SSSR count). The number of hydrogen-bond donors (Lipinski definition) is 1. The highest BCUT2D eigenvalue weighted by Crippen LogP contribution is 2.17. The Morgan fingerprint density at radius 2 is 2.29 bits per heavy atom. The van der Waals surface area contributed by atoms with Crippen LogP contribution >= 0.6 is 0 Å². The van der Waals surface area contributed by atoms with E-state index in [-0.39, 0.29) is 11.7 Å². The third-order valence-electron chi connectivity index (χ3n) is 2.19. The third kappa shape index (κ3) is 4.68. The molecule has 1 aromatic carbocycles. The van der Waals surface area contributed by atoms with Crippen LogP contribution in [0, 0.1) is 5.82 Å². The molecule has 0 spiro atoms. The van der Waals surface area contributed by atoms with Crippen LogP contribution in [0.5, 0.6) is 5.75 Å². The first-order chi connectivity index (χ1) is 8.13. The van der Waals surface area contributed by atoms with E-state index in [1.165, 1.54) is 20.1 Å². The molecule has 17 heavy (non-hydrogen) atoms. The molecule has 1 amide bonds. The zero-order valence-corrected chi connectivity index (χ0v) is 10.00. The summed E-state index contributed by atoms with van der Waals surface area (Å²) in [4.78, 5) is 10.6. The lowest BCUT2D eigenvalue weighted by Crippen LogP contribution is -2.20. The zero-order chi connectivity index (χ0) is 12.7. The van der Waals surface area contributed by atoms with Crippen LogP contribution in [-0.2, 0) is 4.79 Å². The van der Waals surface area contributed by atoms with E-state index in [0.29, 0.717) is 24.3 Å². The smallest absolute Gasteiger partial charge is 0.216 e. The van der Waals surface area contributed by atoms with Gasteiger partial charge in [0.25, 0.3) is 0 Å². The van der Waals surface area contributed by atoms with Crippen molar-refractivity contribution >= 4 is 12.0 Å². The number of methoxy groups -OCH3 is 1. The average molecular weight is 237 g/mol. The van der Waals surface area contributed by atoms with E-state index >= 15 is 0 Å². The molecule has 0 saturated carbocycles. The van der Waals surface area contributed by atoms with Gasteiger partial charge in [-0.1, -0.05) is 12.2 Å². The van der Waals surface area contributed by atoms with Crippen molar-refractivity contribution in [3.05, 3.63) is 35.7 Å². The number of hydrogen-bond acceptors (Lipinski definition) is 2. The molecular weight excluding hydrogens is 221 g/mol. The Bertz CT molecular complexity index is 416. The second-order valence-electron chi connectivity index (χ2n) is 3.56. The molecule has 4 heteroatoms. The first-order valence-electron chi connectivity index (χ1n) is 5.38. The summed E-state index contributed by atoms with van der Waals surface area (Å²) in [5, 5.41) is 2.66. The largest absolute Gasteiger partial charge is 0.497 e. The number of nitrogens with one attached hydrogen (secondary N) is 1. The quantitative estimate of drug-likeness (QED) is 0.798. The Morgan fingerprint density at radius 1 is 1.53 bits per heavy atom. The highest BCUT2D eigenvalue weighted by atomic mass is 19.1. The second kappa shape index (κ2) is 6.68. The van der Waals surface area contributed by atoms with Gasteiger partial charge in [0.1, 0.15) is 11.6 Å². The van der Waals surface area contributed by atoms with Crippen molar-refractivity contribution in [2.24, 2.45) is 0 Å². The molecule has 1 N–H and O–H groups in total. The standard InChI is InChI=1S/C13H16FNO2/c1-10(16)15-8-4-3-5-11-6-7-12(17-2)9-13(11)14/h3,5-7,9H,4,8H2,1-2H3,(H,15,16). The van der Waals surface area contributed by atoms with Crippen LogP contribution < -0.4 is 10.1 Å². The maximum absolute atomic E-state index is 13.5. The van der Waals surface area contributed by atoms with Gasteiger partial charge in [-0.25, -0.2) is 4.39 Å². The predicted octanol–water partition coefficient (Wildman–Crippen LogP) is 2.37. The summed E-state index contributed by atoms with van der Waals surface area (Å²) < 4.78 is 18.4. The summed E-state index contributed by atoms with van der Waals surface area (Å²) >= 11 is 0. The average Bonchev–Trinajstić information content (AvgIpc) is 2.30. The van der Waals surface area contributed by atoms with Crippen molar-refractivity contribution in [2.45, 2.75) is 13.3 Å². The van der Waals surface area contributed by atoms with E-state index in [1.807, 2.05) is 6.08 Å². The van der Waals surface area contributed by atoms with Crippen molar-refractivity contribution in [2.75, 3.05) is 13.7 Å². The Hall–Kier alpha value is -1.84. The molecule has 0 atom stereocenters. The zero-order valence-electron chi connectivity index (χ0n) is 10.00. The minimum absolute atomic E-state index is 0.0611. The van der Waals surface area contributed by atoms with E-state index < -0.39 is 0 Å². The normalized spacial score (nSPS) is 10.5. The number of carbonyl (C=O) groups is 1. The fourth-order valence-electron chi connectivity index (χ4n) is 1.31. The van der Waals surface area contributed by atoms with Gasteiger partial charge in [0.05, 0.1) is 7.11 Å². The van der Waals surface area contributed by atoms with Crippen LogP contribution in [0.2, 0.25) is 0 Å². The number of amides is 1.